The molecule has 0 saturated carbocycles. The van der Waals surface area contributed by atoms with E-state index in [-0.39, 0.29) is 11.7 Å². The number of methoxy groups -OCH3 is 2. The van der Waals surface area contributed by atoms with E-state index in [4.69, 9.17) is 9.47 Å². The molecule has 0 saturated heterocycles. The van der Waals surface area contributed by atoms with Crippen molar-refractivity contribution in [3.63, 3.8) is 0 Å². The third-order valence-electron chi connectivity index (χ3n) is 3.63. The lowest BCUT2D eigenvalue weighted by molar-refractivity contribution is 0.0935. The van der Waals surface area contributed by atoms with E-state index in [1.54, 1.807) is 24.3 Å². The first-order valence-corrected chi connectivity index (χ1v) is 7.22. The zero-order valence-electron chi connectivity index (χ0n) is 13.2. The van der Waals surface area contributed by atoms with Crippen LogP contribution >= 0.6 is 0 Å². The van der Waals surface area contributed by atoms with Crippen molar-refractivity contribution < 1.29 is 23.8 Å². The average molecular weight is 328 g/mol. The molecule has 3 rings (SSSR count). The number of amides is 1. The lowest BCUT2D eigenvalue weighted by Gasteiger charge is -2.28. The lowest BCUT2D eigenvalue weighted by atomic mass is 10.1. The minimum Gasteiger partial charge on any atom is -0.493 e. The van der Waals surface area contributed by atoms with Gasteiger partial charge in [-0.1, -0.05) is 18.2 Å². The predicted octanol–water partition coefficient (Wildman–Crippen LogP) is 2.69. The Bertz CT molecular complexity index is 790. The van der Waals surface area contributed by atoms with Crippen LogP contribution in [0.1, 0.15) is 22.1 Å². The molecule has 24 heavy (non-hydrogen) atoms. The smallest absolute Gasteiger partial charge is 0.493 e. The molecule has 1 atom stereocenters. The molecule has 0 fully saturated rings. The summed E-state index contributed by atoms with van der Waals surface area (Å²) in [5.41, 5.74) is 2.10. The summed E-state index contributed by atoms with van der Waals surface area (Å²) in [4.78, 5) is 23.5. The quantitative estimate of drug-likeness (QED) is 0.665. The third-order valence-corrected chi connectivity index (χ3v) is 3.63. The van der Waals surface area contributed by atoms with Gasteiger partial charge < -0.3 is 24.8 Å². The molecule has 124 valence electrons. The molecule has 0 bridgehead atoms. The average Bonchev–Trinajstić information content (AvgIpc) is 2.61. The number of hydrogen-bond donors (Lipinski definition) is 2. The number of benzene rings is 2. The molecular formula is C17H16N2O5. The number of hydrogen-bond acceptors (Lipinski definition) is 6. The molecular weight excluding hydrogens is 312 g/mol. The Hall–Kier alpha value is -3.22. The summed E-state index contributed by atoms with van der Waals surface area (Å²) in [6.07, 6.45) is -1.26. The van der Waals surface area contributed by atoms with Gasteiger partial charge in [0.15, 0.2) is 11.5 Å². The molecule has 7 nitrogen and oxygen atoms in total. The van der Waals surface area contributed by atoms with Crippen molar-refractivity contribution in [2.75, 3.05) is 19.5 Å². The maximum Gasteiger partial charge on any atom is 0.513 e. The summed E-state index contributed by atoms with van der Waals surface area (Å²) in [5.74, 6) is 0.423. The van der Waals surface area contributed by atoms with Crippen molar-refractivity contribution in [2.45, 2.75) is 6.17 Å². The zero-order valence-corrected chi connectivity index (χ0v) is 13.2. The van der Waals surface area contributed by atoms with Crippen LogP contribution in [0.3, 0.4) is 0 Å². The summed E-state index contributed by atoms with van der Waals surface area (Å²) in [7, 11) is 2.69. The summed E-state index contributed by atoms with van der Waals surface area (Å²) < 4.78 is 14.7. The standard InChI is InChI=1S/C17H16N2O5/c1-22-14-9-10(7-8-13(14)24-17(21)23-2)15-18-12-6-4-3-5-11(12)16(20)19-15/h3-9,15,18H,1-2H3,(H,19,20)/t15-/m0/s1. The zero-order chi connectivity index (χ0) is 17.1. The van der Waals surface area contributed by atoms with E-state index in [9.17, 15) is 9.59 Å². The van der Waals surface area contributed by atoms with E-state index < -0.39 is 12.3 Å². The Kier molecular flexibility index (Phi) is 4.24. The Balaban J connectivity index is 1.88. The molecule has 0 aliphatic carbocycles. The second-order valence-corrected chi connectivity index (χ2v) is 5.06. The highest BCUT2D eigenvalue weighted by Crippen LogP contribution is 2.33. The largest absolute Gasteiger partial charge is 0.513 e. The van der Waals surface area contributed by atoms with E-state index >= 15 is 0 Å². The van der Waals surface area contributed by atoms with Gasteiger partial charge in [0, 0.05) is 5.69 Å². The monoisotopic (exact) mass is 328 g/mol. The van der Waals surface area contributed by atoms with Crippen LogP contribution in [0.25, 0.3) is 0 Å². The molecule has 1 aliphatic rings. The summed E-state index contributed by atoms with van der Waals surface area (Å²) in [6.45, 7) is 0. The lowest BCUT2D eigenvalue weighted by Crippen LogP contribution is -2.38. The van der Waals surface area contributed by atoms with Crippen LogP contribution in [0.15, 0.2) is 42.5 Å². The molecule has 2 N–H and O–H groups in total. The minimum absolute atomic E-state index is 0.164. The molecule has 0 aromatic heterocycles. The van der Waals surface area contributed by atoms with Crippen LogP contribution in [-0.4, -0.2) is 26.3 Å². The number of para-hydroxylation sites is 1. The maximum atomic E-state index is 12.2. The number of carbonyl (C=O) groups excluding carboxylic acids is 2. The summed E-state index contributed by atoms with van der Waals surface area (Å²) in [6, 6.07) is 12.3. The Morgan fingerprint density at radius 3 is 2.58 bits per heavy atom. The molecule has 1 amide bonds. The van der Waals surface area contributed by atoms with E-state index in [0.717, 1.165) is 11.3 Å². The number of anilines is 1. The van der Waals surface area contributed by atoms with Gasteiger partial charge in [0.25, 0.3) is 5.91 Å². The molecule has 0 unspecified atom stereocenters. The number of fused-ring (bicyclic) bond motifs is 1. The Morgan fingerprint density at radius 2 is 1.83 bits per heavy atom. The number of ether oxygens (including phenoxy) is 3. The summed E-state index contributed by atoms with van der Waals surface area (Å²) >= 11 is 0. The van der Waals surface area contributed by atoms with Gasteiger partial charge in [-0.2, -0.15) is 0 Å². The van der Waals surface area contributed by atoms with Crippen molar-refractivity contribution in [3.8, 4) is 11.5 Å². The molecule has 2 aromatic rings. The van der Waals surface area contributed by atoms with Gasteiger partial charge in [0.1, 0.15) is 6.17 Å². The Labute approximate surface area is 138 Å². The third kappa shape index (κ3) is 2.96. The van der Waals surface area contributed by atoms with E-state index in [1.165, 1.54) is 14.2 Å². The fourth-order valence-corrected chi connectivity index (χ4v) is 2.45. The second kappa shape index (κ2) is 6.49. The van der Waals surface area contributed by atoms with Crippen molar-refractivity contribution in [3.05, 3.63) is 53.6 Å². The highest BCUT2D eigenvalue weighted by Gasteiger charge is 2.25. The van der Waals surface area contributed by atoms with Crippen molar-refractivity contribution in [1.29, 1.82) is 0 Å². The van der Waals surface area contributed by atoms with Crippen LogP contribution in [-0.2, 0) is 4.74 Å². The highest BCUT2D eigenvalue weighted by atomic mass is 16.7. The Morgan fingerprint density at radius 1 is 1.04 bits per heavy atom. The predicted molar refractivity (Wildman–Crippen MR) is 86.3 cm³/mol. The van der Waals surface area contributed by atoms with Gasteiger partial charge in [0.05, 0.1) is 19.8 Å². The normalized spacial score (nSPS) is 15.6. The van der Waals surface area contributed by atoms with Gasteiger partial charge in [-0.15, -0.1) is 0 Å². The first-order chi connectivity index (χ1) is 11.6. The van der Waals surface area contributed by atoms with E-state index in [1.807, 2.05) is 18.2 Å². The fraction of sp³-hybridized carbons (Fsp3) is 0.176. The number of carbonyl (C=O) groups is 2. The maximum absolute atomic E-state index is 12.2. The molecule has 2 aromatic carbocycles. The van der Waals surface area contributed by atoms with Crippen molar-refractivity contribution in [2.24, 2.45) is 0 Å². The van der Waals surface area contributed by atoms with Crippen LogP contribution < -0.4 is 20.1 Å². The molecule has 1 heterocycles. The van der Waals surface area contributed by atoms with Crippen molar-refractivity contribution >= 4 is 17.7 Å². The highest BCUT2D eigenvalue weighted by molar-refractivity contribution is 6.01. The van der Waals surface area contributed by atoms with Gasteiger partial charge >= 0.3 is 6.16 Å². The van der Waals surface area contributed by atoms with Crippen LogP contribution in [0.4, 0.5) is 10.5 Å². The van der Waals surface area contributed by atoms with Gasteiger partial charge in [0.2, 0.25) is 0 Å². The number of nitrogens with one attached hydrogen (secondary N) is 2. The molecule has 0 spiro atoms. The van der Waals surface area contributed by atoms with Gasteiger partial charge in [-0.05, 0) is 29.8 Å². The molecule has 1 aliphatic heterocycles. The topological polar surface area (TPSA) is 85.9 Å². The van der Waals surface area contributed by atoms with E-state index in [0.29, 0.717) is 11.3 Å². The van der Waals surface area contributed by atoms with Gasteiger partial charge in [-0.25, -0.2) is 4.79 Å². The van der Waals surface area contributed by atoms with E-state index in [2.05, 4.69) is 15.4 Å². The summed E-state index contributed by atoms with van der Waals surface area (Å²) in [5, 5.41) is 6.12. The van der Waals surface area contributed by atoms with Crippen LogP contribution in [0.5, 0.6) is 11.5 Å². The van der Waals surface area contributed by atoms with Crippen molar-refractivity contribution in [1.82, 2.24) is 5.32 Å². The fourth-order valence-electron chi connectivity index (χ4n) is 2.45. The van der Waals surface area contributed by atoms with Gasteiger partial charge in [-0.3, -0.25) is 4.79 Å². The molecule has 7 heteroatoms. The van der Waals surface area contributed by atoms with Crippen LogP contribution in [0, 0.1) is 0 Å². The second-order valence-electron chi connectivity index (χ2n) is 5.06. The number of rotatable bonds is 3. The minimum atomic E-state index is -0.834. The van der Waals surface area contributed by atoms with Crippen LogP contribution in [0.2, 0.25) is 0 Å². The molecule has 0 radical (unpaired) electrons. The SMILES string of the molecule is COC(=O)Oc1ccc([C@@H]2NC(=O)c3ccccc3N2)cc1OC. The first-order valence-electron chi connectivity index (χ1n) is 7.22. The first kappa shape index (κ1) is 15.7.